The van der Waals surface area contributed by atoms with Crippen molar-refractivity contribution in [3.8, 4) is 0 Å². The highest BCUT2D eigenvalue weighted by Crippen LogP contribution is 2.26. The fourth-order valence-corrected chi connectivity index (χ4v) is 1.92. The van der Waals surface area contributed by atoms with Gasteiger partial charge in [-0.05, 0) is 46.6 Å². The van der Waals surface area contributed by atoms with Gasteiger partial charge in [0, 0.05) is 11.9 Å². The van der Waals surface area contributed by atoms with Crippen LogP contribution in [-0.2, 0) is 0 Å². The van der Waals surface area contributed by atoms with Crippen LogP contribution in [0.3, 0.4) is 0 Å². The summed E-state index contributed by atoms with van der Waals surface area (Å²) >= 11 is 3.14. The number of nitrogens with one attached hydrogen (secondary N) is 1. The van der Waals surface area contributed by atoms with Crippen molar-refractivity contribution >= 4 is 33.0 Å². The van der Waals surface area contributed by atoms with Crippen LogP contribution in [0.15, 0.2) is 35.1 Å². The van der Waals surface area contributed by atoms with Gasteiger partial charge in [0.25, 0.3) is 0 Å². The van der Waals surface area contributed by atoms with Crippen LogP contribution in [0.1, 0.15) is 5.56 Å². The van der Waals surface area contributed by atoms with E-state index < -0.39 is 0 Å². The average Bonchev–Trinajstić information content (AvgIpc) is 2.26. The Morgan fingerprint density at radius 1 is 1.29 bits per heavy atom. The van der Waals surface area contributed by atoms with Crippen LogP contribution in [0.25, 0.3) is 0 Å². The first kappa shape index (κ1) is 11.9. The molecule has 0 saturated carbocycles. The summed E-state index contributed by atoms with van der Waals surface area (Å²) in [6.45, 7) is 1.90. The first-order valence-corrected chi connectivity index (χ1v) is 5.79. The van der Waals surface area contributed by atoms with E-state index in [1.807, 2.05) is 6.92 Å². The van der Waals surface area contributed by atoms with Crippen molar-refractivity contribution in [2.45, 2.75) is 6.92 Å². The second kappa shape index (κ2) is 4.71. The highest BCUT2D eigenvalue weighted by Gasteiger charge is 2.05. The Kier molecular flexibility index (Phi) is 3.28. The lowest BCUT2D eigenvalue weighted by Gasteiger charge is -2.10. The van der Waals surface area contributed by atoms with E-state index in [-0.39, 0.29) is 5.82 Å². The van der Waals surface area contributed by atoms with Crippen molar-refractivity contribution in [1.82, 2.24) is 4.98 Å². The van der Waals surface area contributed by atoms with Crippen molar-refractivity contribution in [3.63, 3.8) is 0 Å². The molecular formula is C12H11BrFN3. The molecule has 0 radical (unpaired) electrons. The molecule has 1 aromatic heterocycles. The Balaban J connectivity index is 2.33. The summed E-state index contributed by atoms with van der Waals surface area (Å²) in [6.07, 6.45) is 3.19. The molecule has 0 aliphatic heterocycles. The number of nitrogens with zero attached hydrogens (tertiary/aromatic N) is 1. The maximum atomic E-state index is 13.4. The zero-order chi connectivity index (χ0) is 12.4. The van der Waals surface area contributed by atoms with E-state index in [0.717, 1.165) is 11.3 Å². The van der Waals surface area contributed by atoms with Crippen molar-refractivity contribution < 1.29 is 4.39 Å². The summed E-state index contributed by atoms with van der Waals surface area (Å²) in [6, 6.07) is 4.90. The third-order valence-corrected chi connectivity index (χ3v) is 2.91. The van der Waals surface area contributed by atoms with Gasteiger partial charge in [0.1, 0.15) is 5.82 Å². The molecule has 0 unspecified atom stereocenters. The van der Waals surface area contributed by atoms with Gasteiger partial charge in [-0.1, -0.05) is 0 Å². The van der Waals surface area contributed by atoms with Gasteiger partial charge in [-0.25, -0.2) is 4.39 Å². The number of halogens is 2. The average molecular weight is 296 g/mol. The number of hydrogen-bond donors (Lipinski definition) is 2. The predicted octanol–water partition coefficient (Wildman–Crippen LogP) is 3.62. The van der Waals surface area contributed by atoms with E-state index in [9.17, 15) is 4.39 Å². The minimum atomic E-state index is -0.310. The molecule has 3 nitrogen and oxygen atoms in total. The molecule has 0 atom stereocenters. The first-order chi connectivity index (χ1) is 8.06. The SMILES string of the molecule is Cc1cc(Br)c(F)cc1Nc1cncc(N)c1. The van der Waals surface area contributed by atoms with Crippen LogP contribution in [0, 0.1) is 12.7 Å². The second-order valence-electron chi connectivity index (χ2n) is 3.71. The predicted molar refractivity (Wildman–Crippen MR) is 70.8 cm³/mol. The number of benzene rings is 1. The Morgan fingerprint density at radius 3 is 2.76 bits per heavy atom. The van der Waals surface area contributed by atoms with Crippen molar-refractivity contribution in [3.05, 3.63) is 46.4 Å². The molecule has 2 aromatic rings. The number of aromatic nitrogens is 1. The lowest BCUT2D eigenvalue weighted by Crippen LogP contribution is -1.96. The minimum Gasteiger partial charge on any atom is -0.397 e. The van der Waals surface area contributed by atoms with E-state index in [1.165, 1.54) is 6.07 Å². The lowest BCUT2D eigenvalue weighted by molar-refractivity contribution is 0.621. The Bertz CT molecular complexity index is 557. The summed E-state index contributed by atoms with van der Waals surface area (Å²) in [5, 5.41) is 3.08. The normalized spacial score (nSPS) is 10.3. The smallest absolute Gasteiger partial charge is 0.139 e. The van der Waals surface area contributed by atoms with Crippen LogP contribution in [0.4, 0.5) is 21.5 Å². The monoisotopic (exact) mass is 295 g/mol. The van der Waals surface area contributed by atoms with Gasteiger partial charge < -0.3 is 11.1 Å². The fourth-order valence-electron chi connectivity index (χ4n) is 1.46. The Morgan fingerprint density at radius 2 is 2.06 bits per heavy atom. The minimum absolute atomic E-state index is 0.310. The second-order valence-corrected chi connectivity index (χ2v) is 4.57. The maximum absolute atomic E-state index is 13.4. The van der Waals surface area contributed by atoms with Gasteiger partial charge in [-0.2, -0.15) is 0 Å². The third kappa shape index (κ3) is 2.74. The largest absolute Gasteiger partial charge is 0.397 e. The number of nitrogen functional groups attached to an aromatic ring is 1. The number of aryl methyl sites for hydroxylation is 1. The van der Waals surface area contributed by atoms with E-state index in [0.29, 0.717) is 15.8 Å². The zero-order valence-corrected chi connectivity index (χ0v) is 10.8. The molecule has 3 N–H and O–H groups in total. The van der Waals surface area contributed by atoms with E-state index >= 15 is 0 Å². The highest BCUT2D eigenvalue weighted by molar-refractivity contribution is 9.10. The van der Waals surface area contributed by atoms with Crippen LogP contribution >= 0.6 is 15.9 Å². The molecule has 0 aliphatic carbocycles. The lowest BCUT2D eigenvalue weighted by atomic mass is 10.2. The molecule has 1 heterocycles. The summed E-state index contributed by atoms with van der Waals surface area (Å²) in [5.74, 6) is -0.310. The first-order valence-electron chi connectivity index (χ1n) is 4.99. The molecule has 0 aliphatic rings. The molecule has 88 valence electrons. The molecule has 17 heavy (non-hydrogen) atoms. The van der Waals surface area contributed by atoms with E-state index in [2.05, 4.69) is 26.2 Å². The summed E-state index contributed by atoms with van der Waals surface area (Å²) in [4.78, 5) is 3.96. The standard InChI is InChI=1S/C12H11BrFN3/c1-7-2-10(13)11(14)4-12(7)17-9-3-8(15)5-16-6-9/h2-6,17H,15H2,1H3. The summed E-state index contributed by atoms with van der Waals surface area (Å²) in [7, 11) is 0. The molecule has 0 fully saturated rings. The maximum Gasteiger partial charge on any atom is 0.139 e. The van der Waals surface area contributed by atoms with Gasteiger partial charge in [-0.3, -0.25) is 4.98 Å². The van der Waals surface area contributed by atoms with Gasteiger partial charge in [0.2, 0.25) is 0 Å². The zero-order valence-electron chi connectivity index (χ0n) is 9.17. The molecular weight excluding hydrogens is 285 g/mol. The van der Waals surface area contributed by atoms with Crippen molar-refractivity contribution in [1.29, 1.82) is 0 Å². The quantitative estimate of drug-likeness (QED) is 0.890. The highest BCUT2D eigenvalue weighted by atomic mass is 79.9. The van der Waals surface area contributed by atoms with Gasteiger partial charge in [0.05, 0.1) is 22.0 Å². The topological polar surface area (TPSA) is 50.9 Å². The van der Waals surface area contributed by atoms with Crippen LogP contribution in [0.5, 0.6) is 0 Å². The number of rotatable bonds is 2. The molecule has 2 rings (SSSR count). The van der Waals surface area contributed by atoms with Crippen molar-refractivity contribution in [2.24, 2.45) is 0 Å². The van der Waals surface area contributed by atoms with E-state index in [4.69, 9.17) is 5.73 Å². The molecule has 5 heteroatoms. The molecule has 0 bridgehead atoms. The number of hydrogen-bond acceptors (Lipinski definition) is 3. The molecule has 0 spiro atoms. The van der Waals surface area contributed by atoms with E-state index in [1.54, 1.807) is 24.5 Å². The van der Waals surface area contributed by atoms with Crippen molar-refractivity contribution in [2.75, 3.05) is 11.1 Å². The molecule has 1 aromatic carbocycles. The number of anilines is 3. The third-order valence-electron chi connectivity index (χ3n) is 2.31. The van der Waals surface area contributed by atoms with Gasteiger partial charge in [0.15, 0.2) is 0 Å². The number of pyridine rings is 1. The Labute approximate surface area is 107 Å². The molecule has 0 amide bonds. The Hall–Kier alpha value is -1.62. The van der Waals surface area contributed by atoms with Crippen LogP contribution < -0.4 is 11.1 Å². The summed E-state index contributed by atoms with van der Waals surface area (Å²) < 4.78 is 13.9. The van der Waals surface area contributed by atoms with Crippen LogP contribution in [-0.4, -0.2) is 4.98 Å². The van der Waals surface area contributed by atoms with Gasteiger partial charge >= 0.3 is 0 Å². The van der Waals surface area contributed by atoms with Crippen LogP contribution in [0.2, 0.25) is 0 Å². The number of nitrogens with two attached hydrogens (primary N) is 1. The fraction of sp³-hybridized carbons (Fsp3) is 0.0833. The summed E-state index contributed by atoms with van der Waals surface area (Å²) in [5.41, 5.74) is 8.54. The van der Waals surface area contributed by atoms with Gasteiger partial charge in [-0.15, -0.1) is 0 Å². The molecule has 0 saturated heterocycles.